The van der Waals surface area contributed by atoms with Crippen molar-refractivity contribution in [2.24, 2.45) is 0 Å². The summed E-state index contributed by atoms with van der Waals surface area (Å²) in [6, 6.07) is 9.95. The number of fused-ring (bicyclic) bond motifs is 2. The van der Waals surface area contributed by atoms with Crippen molar-refractivity contribution in [2.45, 2.75) is 39.3 Å². The van der Waals surface area contributed by atoms with E-state index in [1.165, 1.54) is 6.26 Å². The van der Waals surface area contributed by atoms with Crippen LogP contribution in [0, 0.1) is 6.92 Å². The summed E-state index contributed by atoms with van der Waals surface area (Å²) in [6.45, 7) is 3.57. The number of carbonyl (C=O) groups excluding carboxylic acids is 2. The van der Waals surface area contributed by atoms with Gasteiger partial charge >= 0.3 is 0 Å². The molecule has 0 radical (unpaired) electrons. The number of Topliss-reactive ketones (excluding diaryl/α,β-unsaturated/α-hetero) is 1. The van der Waals surface area contributed by atoms with Crippen LogP contribution < -0.4 is 0 Å². The number of hydrogen-bond donors (Lipinski definition) is 0. The van der Waals surface area contributed by atoms with Gasteiger partial charge in [-0.25, -0.2) is 9.67 Å². The highest BCUT2D eigenvalue weighted by Crippen LogP contribution is 2.30. The van der Waals surface area contributed by atoms with E-state index in [0.717, 1.165) is 34.9 Å². The van der Waals surface area contributed by atoms with E-state index in [1.807, 2.05) is 54.3 Å². The lowest BCUT2D eigenvalue weighted by molar-refractivity contribution is 0.0706. The summed E-state index contributed by atoms with van der Waals surface area (Å²) in [6.07, 6.45) is 7.21. The second kappa shape index (κ2) is 7.58. The Morgan fingerprint density at radius 1 is 1.12 bits per heavy atom. The van der Waals surface area contributed by atoms with Gasteiger partial charge in [-0.05, 0) is 25.5 Å². The number of furan rings is 1. The Hall–Kier alpha value is -3.94. The van der Waals surface area contributed by atoms with Crippen LogP contribution in [0.3, 0.4) is 0 Å². The number of nitrogens with zero attached hydrogens (tertiary/aromatic N) is 5. The molecule has 0 spiro atoms. The first kappa shape index (κ1) is 19.7. The molecule has 0 bridgehead atoms. The third-order valence-electron chi connectivity index (χ3n) is 6.54. The van der Waals surface area contributed by atoms with Gasteiger partial charge in [0.1, 0.15) is 17.8 Å². The van der Waals surface area contributed by atoms with Crippen molar-refractivity contribution in [3.8, 4) is 17.1 Å². The second-order valence-electron chi connectivity index (χ2n) is 8.58. The van der Waals surface area contributed by atoms with Crippen molar-refractivity contribution >= 4 is 11.7 Å². The molecule has 0 fully saturated rings. The molecule has 0 N–H and O–H groups in total. The standard InChI is InChI=1S/C25H23N5O3/c1-16-20-14-28(25(32)19-15-33-22-9-5-8-21(31)23(19)22)10-11-29(20)24(27-16)17-12-26-30(13-17)18-6-3-2-4-7-18/h2-4,6-7,12-13,15H,5,8-11,14H2,1H3. The highest BCUT2D eigenvalue weighted by atomic mass is 16.3. The van der Waals surface area contributed by atoms with Crippen LogP contribution >= 0.6 is 0 Å². The number of benzene rings is 1. The molecule has 1 aromatic carbocycles. The number of hydrogen-bond acceptors (Lipinski definition) is 5. The molecule has 4 heterocycles. The fraction of sp³-hybridized carbons (Fsp3) is 0.280. The smallest absolute Gasteiger partial charge is 0.258 e. The number of imidazole rings is 1. The predicted octanol–water partition coefficient (Wildman–Crippen LogP) is 3.81. The van der Waals surface area contributed by atoms with Crippen LogP contribution in [0.4, 0.5) is 0 Å². The van der Waals surface area contributed by atoms with E-state index in [0.29, 0.717) is 49.4 Å². The number of carbonyl (C=O) groups is 2. The molecule has 8 heteroatoms. The summed E-state index contributed by atoms with van der Waals surface area (Å²) < 4.78 is 9.57. The zero-order valence-electron chi connectivity index (χ0n) is 18.3. The van der Waals surface area contributed by atoms with Gasteiger partial charge < -0.3 is 13.9 Å². The first-order valence-corrected chi connectivity index (χ1v) is 11.2. The molecule has 6 rings (SSSR count). The lowest BCUT2D eigenvalue weighted by atomic mass is 9.93. The van der Waals surface area contributed by atoms with E-state index < -0.39 is 0 Å². The molecule has 1 aliphatic carbocycles. The van der Waals surface area contributed by atoms with E-state index in [1.54, 1.807) is 4.90 Å². The molecular weight excluding hydrogens is 418 g/mol. The van der Waals surface area contributed by atoms with Crippen LogP contribution in [0.25, 0.3) is 17.1 Å². The summed E-state index contributed by atoms with van der Waals surface area (Å²) in [4.78, 5) is 32.3. The molecule has 166 valence electrons. The SMILES string of the molecule is Cc1nc(-c2cnn(-c3ccccc3)c2)n2c1CN(C(=O)c1coc3c1C(=O)CCC3)CC2. The number of aryl methyl sites for hydroxylation is 2. The molecule has 0 unspecified atom stereocenters. The summed E-state index contributed by atoms with van der Waals surface area (Å²) in [5.74, 6) is 1.35. The zero-order chi connectivity index (χ0) is 22.5. The fourth-order valence-electron chi connectivity index (χ4n) is 4.83. The minimum absolute atomic E-state index is 0.00398. The molecule has 0 atom stereocenters. The Kier molecular flexibility index (Phi) is 4.53. The lowest BCUT2D eigenvalue weighted by Crippen LogP contribution is -2.39. The average Bonchev–Trinajstić information content (AvgIpc) is 3.57. The Morgan fingerprint density at radius 2 is 1.97 bits per heavy atom. The largest absolute Gasteiger partial charge is 0.468 e. The maximum Gasteiger partial charge on any atom is 0.258 e. The van der Waals surface area contributed by atoms with Gasteiger partial charge in [0, 0.05) is 32.1 Å². The monoisotopic (exact) mass is 441 g/mol. The van der Waals surface area contributed by atoms with Gasteiger partial charge in [0.05, 0.1) is 46.5 Å². The third kappa shape index (κ3) is 3.21. The van der Waals surface area contributed by atoms with Crippen LogP contribution in [0.15, 0.2) is 53.4 Å². The van der Waals surface area contributed by atoms with Crippen molar-refractivity contribution in [2.75, 3.05) is 6.54 Å². The Balaban J connectivity index is 1.28. The summed E-state index contributed by atoms with van der Waals surface area (Å²) >= 11 is 0. The number of aromatic nitrogens is 4. The molecule has 8 nitrogen and oxygen atoms in total. The molecule has 2 aliphatic rings. The molecule has 1 amide bonds. The summed E-state index contributed by atoms with van der Waals surface area (Å²) in [5, 5.41) is 4.50. The van der Waals surface area contributed by atoms with E-state index in [-0.39, 0.29) is 11.7 Å². The van der Waals surface area contributed by atoms with Gasteiger partial charge in [-0.1, -0.05) is 18.2 Å². The van der Waals surface area contributed by atoms with Crippen LogP contribution in [-0.4, -0.2) is 42.5 Å². The van der Waals surface area contributed by atoms with E-state index >= 15 is 0 Å². The number of ketones is 1. The first-order chi connectivity index (χ1) is 16.1. The van der Waals surface area contributed by atoms with Crippen molar-refractivity contribution < 1.29 is 14.0 Å². The first-order valence-electron chi connectivity index (χ1n) is 11.2. The average molecular weight is 441 g/mol. The number of amides is 1. The van der Waals surface area contributed by atoms with E-state index in [4.69, 9.17) is 9.40 Å². The molecule has 33 heavy (non-hydrogen) atoms. The van der Waals surface area contributed by atoms with Crippen molar-refractivity contribution in [3.63, 3.8) is 0 Å². The maximum atomic E-state index is 13.3. The van der Waals surface area contributed by atoms with Gasteiger partial charge in [0.25, 0.3) is 5.91 Å². The number of rotatable bonds is 3. The minimum atomic E-state index is -0.152. The van der Waals surface area contributed by atoms with Crippen LogP contribution in [0.5, 0.6) is 0 Å². The molecule has 3 aromatic heterocycles. The zero-order valence-corrected chi connectivity index (χ0v) is 18.3. The minimum Gasteiger partial charge on any atom is -0.468 e. The van der Waals surface area contributed by atoms with Crippen molar-refractivity contribution in [1.82, 2.24) is 24.2 Å². The van der Waals surface area contributed by atoms with Gasteiger partial charge in [0.2, 0.25) is 0 Å². The highest BCUT2D eigenvalue weighted by Gasteiger charge is 2.32. The number of para-hydroxylation sites is 1. The van der Waals surface area contributed by atoms with Gasteiger partial charge in [-0.15, -0.1) is 0 Å². The molecule has 0 saturated carbocycles. The normalized spacial score (nSPS) is 15.4. The quantitative estimate of drug-likeness (QED) is 0.483. The fourth-order valence-corrected chi connectivity index (χ4v) is 4.83. The van der Waals surface area contributed by atoms with Gasteiger partial charge in [-0.2, -0.15) is 5.10 Å². The molecule has 1 aliphatic heterocycles. The maximum absolute atomic E-state index is 13.3. The topological polar surface area (TPSA) is 86.2 Å². The summed E-state index contributed by atoms with van der Waals surface area (Å²) in [5.41, 5.74) is 4.69. The highest BCUT2D eigenvalue weighted by molar-refractivity contribution is 6.09. The Morgan fingerprint density at radius 3 is 2.82 bits per heavy atom. The summed E-state index contributed by atoms with van der Waals surface area (Å²) in [7, 11) is 0. The molecular formula is C25H23N5O3. The Labute approximate surface area is 190 Å². The van der Waals surface area contributed by atoms with E-state index in [2.05, 4.69) is 9.67 Å². The molecule has 0 saturated heterocycles. The van der Waals surface area contributed by atoms with Gasteiger partial charge in [-0.3, -0.25) is 9.59 Å². The van der Waals surface area contributed by atoms with Crippen molar-refractivity contribution in [3.05, 3.63) is 77.3 Å². The van der Waals surface area contributed by atoms with Gasteiger partial charge in [0.15, 0.2) is 5.78 Å². The second-order valence-corrected chi connectivity index (χ2v) is 8.58. The third-order valence-corrected chi connectivity index (χ3v) is 6.54. The van der Waals surface area contributed by atoms with Crippen LogP contribution in [-0.2, 0) is 19.5 Å². The van der Waals surface area contributed by atoms with Crippen LogP contribution in [0.2, 0.25) is 0 Å². The Bertz CT molecular complexity index is 1380. The lowest BCUT2D eigenvalue weighted by Gasteiger charge is -2.29. The molecule has 4 aromatic rings. The van der Waals surface area contributed by atoms with Crippen LogP contribution in [0.1, 0.15) is 50.7 Å². The van der Waals surface area contributed by atoms with Crippen molar-refractivity contribution in [1.29, 1.82) is 0 Å². The van der Waals surface area contributed by atoms with E-state index in [9.17, 15) is 9.59 Å². The predicted molar refractivity (Wildman–Crippen MR) is 120 cm³/mol.